The van der Waals surface area contributed by atoms with E-state index in [1.54, 1.807) is 31.2 Å². The van der Waals surface area contributed by atoms with Crippen LogP contribution in [0.15, 0.2) is 89.4 Å². The number of nitro groups is 1. The zero-order valence-corrected chi connectivity index (χ0v) is 23.6. The number of amides is 2. The molecule has 3 aromatic carbocycles. The van der Waals surface area contributed by atoms with Gasteiger partial charge in [0.05, 0.1) is 10.5 Å². The maximum Gasteiger partial charge on any atom is 0.280 e. The fraction of sp³-hybridized carbons (Fsp3) is 0.212. The molecule has 0 atom stereocenters. The predicted octanol–water partition coefficient (Wildman–Crippen LogP) is 6.34. The molecule has 0 radical (unpaired) electrons. The largest absolute Gasteiger partial charge is 0.456 e. The molecule has 0 spiro atoms. The van der Waals surface area contributed by atoms with Gasteiger partial charge in [0, 0.05) is 55.3 Å². The summed E-state index contributed by atoms with van der Waals surface area (Å²) in [6.07, 6.45) is 3.82. The lowest BCUT2D eigenvalue weighted by Crippen LogP contribution is -2.48. The van der Waals surface area contributed by atoms with Gasteiger partial charge in [-0.05, 0) is 85.1 Å². The Morgan fingerprint density at radius 2 is 1.67 bits per heavy atom. The van der Waals surface area contributed by atoms with Crippen molar-refractivity contribution in [3.63, 3.8) is 0 Å². The summed E-state index contributed by atoms with van der Waals surface area (Å²) in [4.78, 5) is 40.5. The van der Waals surface area contributed by atoms with Crippen molar-refractivity contribution in [1.82, 2.24) is 4.90 Å². The number of benzene rings is 3. The molecular weight excluding hydrogens is 532 g/mol. The SMILES string of the molecule is CCc1ccc(C(=O)N2CCN(c3ccc(NC(=O)/C=C/c4ccc(-c5ccc(C)cc5[N+](=O)[O-])o4)cc3)CC2)cc1. The Labute approximate surface area is 244 Å². The summed E-state index contributed by atoms with van der Waals surface area (Å²) < 4.78 is 5.74. The van der Waals surface area contributed by atoms with Crippen LogP contribution >= 0.6 is 0 Å². The van der Waals surface area contributed by atoms with E-state index in [1.807, 2.05) is 53.4 Å². The number of rotatable bonds is 8. The van der Waals surface area contributed by atoms with Crippen LogP contribution in [0.5, 0.6) is 0 Å². The molecule has 0 unspecified atom stereocenters. The molecule has 42 heavy (non-hydrogen) atoms. The molecular formula is C33H32N4O5. The summed E-state index contributed by atoms with van der Waals surface area (Å²) in [5.41, 5.74) is 4.73. The minimum Gasteiger partial charge on any atom is -0.456 e. The van der Waals surface area contributed by atoms with Crippen LogP contribution in [-0.2, 0) is 11.2 Å². The Bertz CT molecular complexity index is 1620. The highest BCUT2D eigenvalue weighted by Crippen LogP contribution is 2.32. The molecule has 214 valence electrons. The highest BCUT2D eigenvalue weighted by Gasteiger charge is 2.22. The third kappa shape index (κ3) is 6.58. The fourth-order valence-corrected chi connectivity index (χ4v) is 4.92. The lowest BCUT2D eigenvalue weighted by Gasteiger charge is -2.36. The van der Waals surface area contributed by atoms with Gasteiger partial charge in [0.25, 0.3) is 11.6 Å². The van der Waals surface area contributed by atoms with Gasteiger partial charge in [-0.1, -0.05) is 25.1 Å². The third-order valence-corrected chi connectivity index (χ3v) is 7.32. The number of nitrogens with zero attached hydrogens (tertiary/aromatic N) is 3. The minimum atomic E-state index is -0.437. The molecule has 2 heterocycles. The van der Waals surface area contributed by atoms with E-state index in [2.05, 4.69) is 17.1 Å². The standard InChI is InChI=1S/C33H32N4O5/c1-3-24-5-7-25(8-6-24)33(39)36-20-18-35(19-21-36)27-11-9-26(10-12-27)34-32(38)17-14-28-13-16-31(42-28)29-15-4-23(2)22-30(29)37(40)41/h4-17,22H,3,18-21H2,1-2H3,(H,34,38)/b17-14+. The number of piperazine rings is 1. The Kier molecular flexibility index (Phi) is 8.47. The quantitative estimate of drug-likeness (QED) is 0.152. The van der Waals surface area contributed by atoms with E-state index in [0.29, 0.717) is 35.9 Å². The van der Waals surface area contributed by atoms with Crippen molar-refractivity contribution >= 4 is 35.0 Å². The first-order chi connectivity index (χ1) is 20.3. The molecule has 1 aromatic heterocycles. The molecule has 1 saturated heterocycles. The Balaban J connectivity index is 1.13. The van der Waals surface area contributed by atoms with Crippen molar-refractivity contribution in [2.75, 3.05) is 36.4 Å². The molecule has 9 nitrogen and oxygen atoms in total. The van der Waals surface area contributed by atoms with Crippen LogP contribution in [0.3, 0.4) is 0 Å². The average Bonchev–Trinajstić information content (AvgIpc) is 3.49. The Hall–Kier alpha value is -5.18. The van der Waals surface area contributed by atoms with Crippen molar-refractivity contribution in [1.29, 1.82) is 0 Å². The Morgan fingerprint density at radius 3 is 2.33 bits per heavy atom. The molecule has 2 amide bonds. The summed E-state index contributed by atoms with van der Waals surface area (Å²) in [6, 6.07) is 23.7. The van der Waals surface area contributed by atoms with Crippen molar-refractivity contribution in [2.24, 2.45) is 0 Å². The number of hydrogen-bond acceptors (Lipinski definition) is 6. The van der Waals surface area contributed by atoms with Crippen LogP contribution in [0.2, 0.25) is 0 Å². The van der Waals surface area contributed by atoms with E-state index in [4.69, 9.17) is 4.42 Å². The minimum absolute atomic E-state index is 0.0333. The van der Waals surface area contributed by atoms with Gasteiger partial charge in [0.1, 0.15) is 11.5 Å². The number of furan rings is 1. The van der Waals surface area contributed by atoms with Gasteiger partial charge in [0.2, 0.25) is 5.91 Å². The molecule has 1 N–H and O–H groups in total. The summed E-state index contributed by atoms with van der Waals surface area (Å²) in [5.74, 6) is 0.487. The van der Waals surface area contributed by atoms with Gasteiger partial charge in [-0.25, -0.2) is 0 Å². The number of nitro benzene ring substituents is 1. The first kappa shape index (κ1) is 28.4. The molecule has 0 saturated carbocycles. The monoisotopic (exact) mass is 564 g/mol. The number of carbonyl (C=O) groups is 2. The zero-order chi connectivity index (χ0) is 29.6. The summed E-state index contributed by atoms with van der Waals surface area (Å²) >= 11 is 0. The number of carbonyl (C=O) groups excluding carboxylic acids is 2. The smallest absolute Gasteiger partial charge is 0.280 e. The molecule has 0 aliphatic carbocycles. The van der Waals surface area contributed by atoms with Crippen molar-refractivity contribution in [3.05, 3.63) is 118 Å². The van der Waals surface area contributed by atoms with Gasteiger partial charge in [-0.3, -0.25) is 19.7 Å². The van der Waals surface area contributed by atoms with Crippen LogP contribution in [-0.4, -0.2) is 47.8 Å². The predicted molar refractivity (Wildman–Crippen MR) is 164 cm³/mol. The highest BCUT2D eigenvalue weighted by atomic mass is 16.6. The summed E-state index contributed by atoms with van der Waals surface area (Å²) in [7, 11) is 0. The van der Waals surface area contributed by atoms with E-state index < -0.39 is 4.92 Å². The number of aryl methyl sites for hydroxylation is 2. The van der Waals surface area contributed by atoms with Crippen LogP contribution < -0.4 is 10.2 Å². The van der Waals surface area contributed by atoms with Gasteiger partial charge in [-0.2, -0.15) is 0 Å². The second-order valence-electron chi connectivity index (χ2n) is 10.2. The van der Waals surface area contributed by atoms with Crippen LogP contribution in [0.25, 0.3) is 17.4 Å². The lowest BCUT2D eigenvalue weighted by molar-refractivity contribution is -0.384. The van der Waals surface area contributed by atoms with E-state index in [1.165, 1.54) is 23.8 Å². The maximum absolute atomic E-state index is 12.9. The number of anilines is 2. The first-order valence-electron chi connectivity index (χ1n) is 13.9. The van der Waals surface area contributed by atoms with Crippen LogP contribution in [0.1, 0.15) is 34.2 Å². The van der Waals surface area contributed by atoms with E-state index in [9.17, 15) is 19.7 Å². The summed E-state index contributed by atoms with van der Waals surface area (Å²) in [6.45, 7) is 6.62. The second-order valence-corrected chi connectivity index (χ2v) is 10.2. The van der Waals surface area contributed by atoms with Crippen molar-refractivity contribution < 1.29 is 18.9 Å². The molecule has 4 aromatic rings. The van der Waals surface area contributed by atoms with E-state index in [-0.39, 0.29) is 17.5 Å². The normalized spacial score (nSPS) is 13.4. The Morgan fingerprint density at radius 1 is 0.952 bits per heavy atom. The molecule has 1 aliphatic rings. The molecule has 9 heteroatoms. The maximum atomic E-state index is 12.9. The second kappa shape index (κ2) is 12.6. The van der Waals surface area contributed by atoms with Gasteiger partial charge in [-0.15, -0.1) is 0 Å². The van der Waals surface area contributed by atoms with Crippen molar-refractivity contribution in [2.45, 2.75) is 20.3 Å². The van der Waals surface area contributed by atoms with Crippen molar-refractivity contribution in [3.8, 4) is 11.3 Å². The van der Waals surface area contributed by atoms with E-state index >= 15 is 0 Å². The first-order valence-corrected chi connectivity index (χ1v) is 13.9. The molecule has 0 bridgehead atoms. The fourth-order valence-electron chi connectivity index (χ4n) is 4.92. The average molecular weight is 565 g/mol. The number of hydrogen-bond donors (Lipinski definition) is 1. The molecule has 1 fully saturated rings. The lowest BCUT2D eigenvalue weighted by atomic mass is 10.1. The molecule has 1 aliphatic heterocycles. The van der Waals surface area contributed by atoms with Gasteiger partial charge < -0.3 is 19.5 Å². The van der Waals surface area contributed by atoms with Gasteiger partial charge >= 0.3 is 0 Å². The molecule has 5 rings (SSSR count). The highest BCUT2D eigenvalue weighted by molar-refractivity contribution is 6.01. The van der Waals surface area contributed by atoms with Gasteiger partial charge in [0.15, 0.2) is 0 Å². The number of nitrogens with one attached hydrogen (secondary N) is 1. The topological polar surface area (TPSA) is 109 Å². The zero-order valence-electron chi connectivity index (χ0n) is 23.6. The van der Waals surface area contributed by atoms with Crippen LogP contribution in [0.4, 0.5) is 17.1 Å². The van der Waals surface area contributed by atoms with Crippen LogP contribution in [0, 0.1) is 17.0 Å². The van der Waals surface area contributed by atoms with E-state index in [0.717, 1.165) is 36.3 Å². The summed E-state index contributed by atoms with van der Waals surface area (Å²) in [5, 5.41) is 14.3. The third-order valence-electron chi connectivity index (χ3n) is 7.32.